The van der Waals surface area contributed by atoms with Gasteiger partial charge in [0.1, 0.15) is 5.82 Å². The number of aromatic nitrogens is 3. The van der Waals surface area contributed by atoms with Gasteiger partial charge in [-0.25, -0.2) is 9.97 Å². The van der Waals surface area contributed by atoms with Crippen LogP contribution >= 0.6 is 0 Å². The molecule has 0 radical (unpaired) electrons. The molecule has 0 amide bonds. The number of pyridine rings is 1. The summed E-state index contributed by atoms with van der Waals surface area (Å²) in [6.07, 6.45) is -7.83. The number of anilines is 2. The third-order valence-corrected chi connectivity index (χ3v) is 6.30. The van der Waals surface area contributed by atoms with Gasteiger partial charge < -0.3 is 19.9 Å². The number of imidazole rings is 1. The average Bonchev–Trinajstić information content (AvgIpc) is 3.32. The number of hydrogen-bond donors (Lipinski definition) is 2. The number of H-pyrrole nitrogens is 1. The van der Waals surface area contributed by atoms with Crippen molar-refractivity contribution in [1.29, 1.82) is 0 Å². The second-order valence-electron chi connectivity index (χ2n) is 8.68. The fourth-order valence-electron chi connectivity index (χ4n) is 4.48. The minimum atomic E-state index is -4.60. The summed E-state index contributed by atoms with van der Waals surface area (Å²) in [5.41, 5.74) is 0.138. The normalized spacial score (nSPS) is 15.0. The first-order valence-electron chi connectivity index (χ1n) is 11.4. The molecular weight excluding hydrogens is 500 g/mol. The van der Waals surface area contributed by atoms with Gasteiger partial charge in [0.05, 0.1) is 28.8 Å². The summed E-state index contributed by atoms with van der Waals surface area (Å²) < 4.78 is 81.2. The molecule has 0 unspecified atom stereocenters. The van der Waals surface area contributed by atoms with Crippen LogP contribution in [-0.4, -0.2) is 46.2 Å². The largest absolute Gasteiger partial charge is 0.419 e. The molecule has 6 nitrogen and oxygen atoms in total. The summed E-state index contributed by atoms with van der Waals surface area (Å²) in [6.45, 7) is 0.748. The van der Waals surface area contributed by atoms with Gasteiger partial charge in [-0.3, -0.25) is 0 Å². The molecule has 2 N–H and O–H groups in total. The highest BCUT2D eigenvalue weighted by molar-refractivity contribution is 5.94. The molecule has 4 aromatic rings. The van der Waals surface area contributed by atoms with Gasteiger partial charge in [-0.2, -0.15) is 26.3 Å². The van der Waals surface area contributed by atoms with Crippen LogP contribution in [0.15, 0.2) is 54.7 Å². The number of nitrogens with one attached hydrogen (secondary N) is 1. The Kier molecular flexibility index (Phi) is 6.22. The van der Waals surface area contributed by atoms with E-state index in [4.69, 9.17) is 0 Å². The van der Waals surface area contributed by atoms with E-state index in [1.165, 1.54) is 17.2 Å². The molecule has 1 aliphatic heterocycles. The van der Waals surface area contributed by atoms with E-state index in [1.54, 1.807) is 29.2 Å². The second-order valence-corrected chi connectivity index (χ2v) is 8.68. The van der Waals surface area contributed by atoms with Crippen LogP contribution in [0.4, 0.5) is 38.1 Å². The maximum atomic E-state index is 13.7. The molecule has 0 spiro atoms. The van der Waals surface area contributed by atoms with Gasteiger partial charge in [-0.15, -0.1) is 0 Å². The fraction of sp³-hybridized carbons (Fsp3) is 0.280. The number of piperazine rings is 1. The van der Waals surface area contributed by atoms with Crippen molar-refractivity contribution in [3.63, 3.8) is 0 Å². The molecule has 1 fully saturated rings. The Hall–Kier alpha value is -3.80. The summed E-state index contributed by atoms with van der Waals surface area (Å²) >= 11 is 0. The van der Waals surface area contributed by atoms with Crippen molar-refractivity contribution in [2.24, 2.45) is 0 Å². The second kappa shape index (κ2) is 9.25. The monoisotopic (exact) mass is 521 g/mol. The number of fused-ring (bicyclic) bond motifs is 1. The first kappa shape index (κ1) is 24.9. The van der Waals surface area contributed by atoms with Crippen LogP contribution in [0.5, 0.6) is 0 Å². The first-order valence-corrected chi connectivity index (χ1v) is 11.4. The predicted octanol–water partition coefficient (Wildman–Crippen LogP) is 5.48. The van der Waals surface area contributed by atoms with Crippen LogP contribution in [0, 0.1) is 0 Å². The number of halogens is 6. The summed E-state index contributed by atoms with van der Waals surface area (Å²) in [4.78, 5) is 14.8. The molecular formula is C25H21F6N5O. The minimum absolute atomic E-state index is 0.112. The standard InChI is InChI=1S/C25H21F6N5O/c26-24(27,28)17-12-18(16-4-1-3-15(11-16)14-37)21-20(13-17)33-23(34-21)36-9-7-35(8-10-36)22-19(25(29,30)31)5-2-6-32-22/h1-6,11-13,37H,7-10,14H2,(H,33,34). The lowest BCUT2D eigenvalue weighted by Gasteiger charge is -2.36. The highest BCUT2D eigenvalue weighted by Crippen LogP contribution is 2.38. The van der Waals surface area contributed by atoms with Gasteiger partial charge in [0.15, 0.2) is 0 Å². The van der Waals surface area contributed by atoms with Gasteiger partial charge >= 0.3 is 12.4 Å². The van der Waals surface area contributed by atoms with E-state index >= 15 is 0 Å². The van der Waals surface area contributed by atoms with Crippen LogP contribution < -0.4 is 9.80 Å². The Balaban J connectivity index is 1.47. The van der Waals surface area contributed by atoms with E-state index in [1.807, 2.05) is 0 Å². The Bertz CT molecular complexity index is 1420. The first-order chi connectivity index (χ1) is 17.5. The number of aliphatic hydroxyl groups excluding tert-OH is 1. The van der Waals surface area contributed by atoms with E-state index < -0.39 is 23.5 Å². The third kappa shape index (κ3) is 4.93. The summed E-state index contributed by atoms with van der Waals surface area (Å²) in [5, 5.41) is 9.47. The number of rotatable bonds is 4. The Morgan fingerprint density at radius 3 is 2.27 bits per heavy atom. The number of aromatic amines is 1. The van der Waals surface area contributed by atoms with Crippen molar-refractivity contribution < 1.29 is 31.4 Å². The Morgan fingerprint density at radius 2 is 1.59 bits per heavy atom. The molecule has 1 aliphatic rings. The van der Waals surface area contributed by atoms with Gasteiger partial charge in [0, 0.05) is 37.9 Å². The van der Waals surface area contributed by atoms with Crippen molar-refractivity contribution in [3.05, 3.63) is 71.4 Å². The minimum Gasteiger partial charge on any atom is -0.392 e. The van der Waals surface area contributed by atoms with Crippen LogP contribution in [0.2, 0.25) is 0 Å². The summed E-state index contributed by atoms with van der Waals surface area (Å²) in [7, 11) is 0. The number of aliphatic hydroxyl groups is 1. The molecule has 3 heterocycles. The maximum Gasteiger partial charge on any atom is 0.419 e. The van der Waals surface area contributed by atoms with Gasteiger partial charge in [0.2, 0.25) is 5.95 Å². The molecule has 0 bridgehead atoms. The fourth-order valence-corrected chi connectivity index (χ4v) is 4.48. The Labute approximate surface area is 207 Å². The van der Waals surface area contributed by atoms with E-state index in [2.05, 4.69) is 15.0 Å². The van der Waals surface area contributed by atoms with Crippen molar-refractivity contribution >= 4 is 22.8 Å². The van der Waals surface area contributed by atoms with Gasteiger partial charge in [-0.1, -0.05) is 18.2 Å². The zero-order valence-corrected chi connectivity index (χ0v) is 19.2. The van der Waals surface area contributed by atoms with Crippen molar-refractivity contribution in [3.8, 4) is 11.1 Å². The van der Waals surface area contributed by atoms with E-state index in [-0.39, 0.29) is 49.7 Å². The van der Waals surface area contributed by atoms with Crippen molar-refractivity contribution in [2.75, 3.05) is 36.0 Å². The van der Waals surface area contributed by atoms with Gasteiger partial charge in [0.25, 0.3) is 0 Å². The molecule has 5 rings (SSSR count). The lowest BCUT2D eigenvalue weighted by molar-refractivity contribution is -0.138. The molecule has 2 aromatic heterocycles. The molecule has 0 aliphatic carbocycles. The van der Waals surface area contributed by atoms with Crippen LogP contribution in [0.25, 0.3) is 22.2 Å². The highest BCUT2D eigenvalue weighted by atomic mass is 19.4. The highest BCUT2D eigenvalue weighted by Gasteiger charge is 2.36. The smallest absolute Gasteiger partial charge is 0.392 e. The van der Waals surface area contributed by atoms with Gasteiger partial charge in [-0.05, 0) is 41.5 Å². The maximum absolute atomic E-state index is 13.7. The zero-order chi connectivity index (χ0) is 26.4. The SMILES string of the molecule is OCc1cccc(-c2cc(C(F)(F)F)cc3nc(N4CCN(c5ncccc5C(F)(F)F)CC4)[nH]c23)c1. The molecule has 37 heavy (non-hydrogen) atoms. The van der Waals surface area contributed by atoms with Crippen LogP contribution in [-0.2, 0) is 19.0 Å². The summed E-state index contributed by atoms with van der Waals surface area (Å²) in [5.74, 6) is 0.172. The molecule has 194 valence electrons. The molecule has 1 saturated heterocycles. The quantitative estimate of drug-likeness (QED) is 0.348. The number of hydrogen-bond acceptors (Lipinski definition) is 5. The van der Waals surface area contributed by atoms with Crippen LogP contribution in [0.1, 0.15) is 16.7 Å². The number of nitrogens with zero attached hydrogens (tertiary/aromatic N) is 4. The topological polar surface area (TPSA) is 68.3 Å². The third-order valence-electron chi connectivity index (χ3n) is 6.30. The summed E-state index contributed by atoms with van der Waals surface area (Å²) in [6, 6.07) is 10.8. The molecule has 0 saturated carbocycles. The zero-order valence-electron chi connectivity index (χ0n) is 19.2. The van der Waals surface area contributed by atoms with E-state index in [0.29, 0.717) is 22.6 Å². The average molecular weight is 521 g/mol. The number of benzene rings is 2. The predicted molar refractivity (Wildman–Crippen MR) is 126 cm³/mol. The molecule has 12 heteroatoms. The van der Waals surface area contributed by atoms with Crippen LogP contribution in [0.3, 0.4) is 0 Å². The Morgan fingerprint density at radius 1 is 0.865 bits per heavy atom. The van der Waals surface area contributed by atoms with Crippen molar-refractivity contribution in [1.82, 2.24) is 15.0 Å². The van der Waals surface area contributed by atoms with E-state index in [0.717, 1.165) is 18.2 Å². The lowest BCUT2D eigenvalue weighted by Crippen LogP contribution is -2.47. The van der Waals surface area contributed by atoms with E-state index in [9.17, 15) is 31.4 Å². The van der Waals surface area contributed by atoms with Crippen molar-refractivity contribution in [2.45, 2.75) is 19.0 Å². The lowest BCUT2D eigenvalue weighted by atomic mass is 9.99. The molecule has 2 aromatic carbocycles. The molecule has 0 atom stereocenters. The number of alkyl halides is 6.